The molecule has 0 unspecified atom stereocenters. The molecule has 0 bridgehead atoms. The molecule has 1 aromatic carbocycles. The number of amides is 1. The number of rotatable bonds is 6. The van der Waals surface area contributed by atoms with Gasteiger partial charge >= 0.3 is 0 Å². The Bertz CT molecular complexity index is 1430. The van der Waals surface area contributed by atoms with Crippen LogP contribution in [0.2, 0.25) is 0 Å². The second kappa shape index (κ2) is 9.33. The first-order valence-electron chi connectivity index (χ1n) is 10.2. The van der Waals surface area contributed by atoms with Gasteiger partial charge in [0.1, 0.15) is 17.8 Å². The van der Waals surface area contributed by atoms with Crippen LogP contribution in [-0.4, -0.2) is 35.7 Å². The van der Waals surface area contributed by atoms with E-state index in [1.54, 1.807) is 37.4 Å². The second-order valence-corrected chi connectivity index (χ2v) is 7.49. The fourth-order valence-electron chi connectivity index (χ4n) is 3.80. The highest BCUT2D eigenvalue weighted by atomic mass is 16.5. The van der Waals surface area contributed by atoms with Crippen molar-refractivity contribution in [2.24, 2.45) is 7.05 Å². The van der Waals surface area contributed by atoms with Crippen LogP contribution in [0.25, 0.3) is 0 Å². The van der Waals surface area contributed by atoms with Crippen LogP contribution in [0, 0.1) is 11.3 Å². The van der Waals surface area contributed by atoms with Gasteiger partial charge in [0, 0.05) is 37.5 Å². The van der Waals surface area contributed by atoms with Crippen molar-refractivity contribution in [3.63, 3.8) is 0 Å². The smallest absolute Gasteiger partial charge is 0.296 e. The van der Waals surface area contributed by atoms with Crippen LogP contribution in [0.1, 0.15) is 51.9 Å². The van der Waals surface area contributed by atoms with Crippen LogP contribution in [0.5, 0.6) is 5.75 Å². The molecule has 0 saturated heterocycles. The lowest BCUT2D eigenvalue weighted by molar-refractivity contribution is 0.101. The van der Waals surface area contributed by atoms with E-state index in [-0.39, 0.29) is 11.5 Å². The molecule has 0 saturated carbocycles. The van der Waals surface area contributed by atoms with E-state index in [1.807, 2.05) is 0 Å². The zero-order valence-electron chi connectivity index (χ0n) is 18.2. The first kappa shape index (κ1) is 22.3. The number of hydrogen-bond acceptors (Lipinski definition) is 9. The van der Waals surface area contributed by atoms with Gasteiger partial charge in [-0.2, -0.15) is 5.26 Å². The van der Waals surface area contributed by atoms with E-state index in [9.17, 15) is 20.0 Å². The average molecular weight is 457 g/mol. The Morgan fingerprint density at radius 1 is 1.26 bits per heavy atom. The summed E-state index contributed by atoms with van der Waals surface area (Å²) in [6.07, 6.45) is 7.10. The van der Waals surface area contributed by atoms with Crippen LogP contribution >= 0.6 is 0 Å². The van der Waals surface area contributed by atoms with Crippen molar-refractivity contribution in [2.75, 3.05) is 5.32 Å². The molecule has 0 spiro atoms. The number of nitrogens with one attached hydrogen (secondary N) is 1. The van der Waals surface area contributed by atoms with Gasteiger partial charge in [0.05, 0.1) is 23.5 Å². The first-order chi connectivity index (χ1) is 16.4. The molecule has 3 aromatic heterocycles. The molecule has 0 fully saturated rings. The van der Waals surface area contributed by atoms with Gasteiger partial charge in [-0.1, -0.05) is 30.3 Å². The molecule has 2 N–H and O–H groups in total. The molecule has 0 aliphatic heterocycles. The number of hydrogen-bond donors (Lipinski definition) is 2. The minimum atomic E-state index is -0.805. The Balaban J connectivity index is 1.86. The lowest BCUT2D eigenvalue weighted by Gasteiger charge is -2.26. The standard InChI is InChI=1S/C23H19N7O4/c1-13(18(17-11-25-7-8-26-17)16-6-4-3-5-14(16)9-24)21-29-19(20(31)23(33)30(21)2)22(32)28-15-10-27-34-12-15/h3-8,10-13,18,31H,1-2H3,(H,28,32)/t13-,18-/m0/s1. The highest BCUT2D eigenvalue weighted by Crippen LogP contribution is 2.38. The third-order valence-corrected chi connectivity index (χ3v) is 5.43. The van der Waals surface area contributed by atoms with Gasteiger partial charge < -0.3 is 14.9 Å². The third-order valence-electron chi connectivity index (χ3n) is 5.43. The van der Waals surface area contributed by atoms with Crippen LogP contribution in [-0.2, 0) is 7.05 Å². The summed E-state index contributed by atoms with van der Waals surface area (Å²) in [6, 6.07) is 9.22. The average Bonchev–Trinajstić information content (AvgIpc) is 3.36. The molecule has 11 heteroatoms. The van der Waals surface area contributed by atoms with E-state index in [1.165, 1.54) is 36.5 Å². The molecule has 0 aliphatic carbocycles. The van der Waals surface area contributed by atoms with Gasteiger partial charge in [0.2, 0.25) is 5.75 Å². The number of nitriles is 1. The van der Waals surface area contributed by atoms with Crippen molar-refractivity contribution in [2.45, 2.75) is 18.8 Å². The highest BCUT2D eigenvalue weighted by Gasteiger charge is 2.31. The number of carbonyl (C=O) groups is 1. The monoisotopic (exact) mass is 457 g/mol. The maximum absolute atomic E-state index is 12.8. The van der Waals surface area contributed by atoms with Crippen LogP contribution in [0.4, 0.5) is 5.69 Å². The number of aromatic nitrogens is 5. The van der Waals surface area contributed by atoms with Crippen molar-refractivity contribution in [1.82, 2.24) is 24.7 Å². The summed E-state index contributed by atoms with van der Waals surface area (Å²) in [6.45, 7) is 1.80. The molecular formula is C23H19N7O4. The molecule has 4 aromatic rings. The van der Waals surface area contributed by atoms with E-state index in [0.29, 0.717) is 16.8 Å². The zero-order valence-corrected chi connectivity index (χ0v) is 18.2. The summed E-state index contributed by atoms with van der Waals surface area (Å²) >= 11 is 0. The maximum atomic E-state index is 12.8. The Morgan fingerprint density at radius 2 is 2.06 bits per heavy atom. The van der Waals surface area contributed by atoms with E-state index in [0.717, 1.165) is 0 Å². The van der Waals surface area contributed by atoms with Gasteiger partial charge in [0.15, 0.2) is 5.69 Å². The highest BCUT2D eigenvalue weighted by molar-refractivity contribution is 6.04. The Hall–Kier alpha value is -4.85. The SMILES string of the molecule is C[C@H](c1nc(C(=O)Nc2cnoc2)c(O)c(=O)n1C)[C@H](c1cnccn1)c1ccccc1C#N. The zero-order chi connectivity index (χ0) is 24.2. The normalized spacial score (nSPS) is 12.5. The summed E-state index contributed by atoms with van der Waals surface area (Å²) in [5.74, 6) is -2.46. The molecule has 0 aliphatic rings. The van der Waals surface area contributed by atoms with Gasteiger partial charge in [-0.05, 0) is 11.6 Å². The summed E-state index contributed by atoms with van der Waals surface area (Å²) < 4.78 is 5.86. The van der Waals surface area contributed by atoms with Crippen molar-refractivity contribution in [1.29, 1.82) is 5.26 Å². The van der Waals surface area contributed by atoms with Gasteiger partial charge in [-0.15, -0.1) is 0 Å². The molecule has 0 radical (unpaired) electrons. The van der Waals surface area contributed by atoms with Crippen molar-refractivity contribution < 1.29 is 14.4 Å². The maximum Gasteiger partial charge on any atom is 0.296 e. The molecule has 11 nitrogen and oxygen atoms in total. The minimum absolute atomic E-state index is 0.210. The van der Waals surface area contributed by atoms with Crippen LogP contribution in [0.15, 0.2) is 64.6 Å². The first-order valence-corrected chi connectivity index (χ1v) is 10.2. The van der Waals surface area contributed by atoms with Gasteiger partial charge in [0.25, 0.3) is 11.5 Å². The van der Waals surface area contributed by atoms with E-state index in [4.69, 9.17) is 0 Å². The lowest BCUT2D eigenvalue weighted by atomic mass is 9.82. The predicted molar refractivity (Wildman–Crippen MR) is 119 cm³/mol. The van der Waals surface area contributed by atoms with Gasteiger partial charge in [-0.3, -0.25) is 24.1 Å². The number of aromatic hydroxyl groups is 1. The fraction of sp³-hybridized carbons (Fsp3) is 0.174. The Labute approximate surface area is 193 Å². The van der Waals surface area contributed by atoms with Crippen molar-refractivity contribution >= 4 is 11.6 Å². The van der Waals surface area contributed by atoms with Crippen LogP contribution in [0.3, 0.4) is 0 Å². The molecule has 170 valence electrons. The molecule has 1 amide bonds. The summed E-state index contributed by atoms with van der Waals surface area (Å²) in [7, 11) is 1.45. The van der Waals surface area contributed by atoms with E-state index < -0.39 is 34.7 Å². The molecule has 3 heterocycles. The predicted octanol–water partition coefficient (Wildman–Crippen LogP) is 2.32. The summed E-state index contributed by atoms with van der Waals surface area (Å²) in [4.78, 5) is 38.5. The molecular weight excluding hydrogens is 438 g/mol. The quantitative estimate of drug-likeness (QED) is 0.443. The number of anilines is 1. The second-order valence-electron chi connectivity index (χ2n) is 7.49. The number of carbonyl (C=O) groups excluding carboxylic acids is 1. The summed E-state index contributed by atoms with van der Waals surface area (Å²) in [5, 5.41) is 26.0. The minimum Gasteiger partial charge on any atom is -0.501 e. The van der Waals surface area contributed by atoms with Gasteiger partial charge in [-0.25, -0.2) is 4.98 Å². The molecule has 34 heavy (non-hydrogen) atoms. The number of benzene rings is 1. The van der Waals surface area contributed by atoms with Crippen molar-refractivity contribution in [3.8, 4) is 11.8 Å². The summed E-state index contributed by atoms with van der Waals surface area (Å²) in [5.41, 5.74) is 0.642. The van der Waals surface area contributed by atoms with E-state index in [2.05, 4.69) is 36.0 Å². The Morgan fingerprint density at radius 3 is 2.74 bits per heavy atom. The van der Waals surface area contributed by atoms with E-state index >= 15 is 0 Å². The Kier molecular flexibility index (Phi) is 6.13. The molecule has 4 rings (SSSR count). The number of nitrogens with zero attached hydrogens (tertiary/aromatic N) is 6. The van der Waals surface area contributed by atoms with Crippen LogP contribution < -0.4 is 10.9 Å². The fourth-order valence-corrected chi connectivity index (χ4v) is 3.80. The molecule has 2 atom stereocenters. The van der Waals surface area contributed by atoms with Crippen molar-refractivity contribution in [3.05, 3.63) is 94.0 Å². The third kappa shape index (κ3) is 4.12. The lowest BCUT2D eigenvalue weighted by Crippen LogP contribution is -2.29. The topological polar surface area (TPSA) is 160 Å². The largest absolute Gasteiger partial charge is 0.501 e.